The predicted octanol–water partition coefficient (Wildman–Crippen LogP) is 4.12. The van der Waals surface area contributed by atoms with E-state index in [0.717, 1.165) is 11.1 Å². The van der Waals surface area contributed by atoms with Crippen molar-refractivity contribution in [3.05, 3.63) is 57.0 Å². The molecule has 0 aliphatic carbocycles. The van der Waals surface area contributed by atoms with Crippen LogP contribution in [0.25, 0.3) is 0 Å². The molecular formula is C24H27BrClN3O4S. The topological polar surface area (TPSA) is 86.8 Å². The number of hydrogen-bond donors (Lipinski definition) is 1. The number of sulfonamides is 1. The minimum atomic E-state index is -3.92. The van der Waals surface area contributed by atoms with Crippen LogP contribution in [0.3, 0.4) is 0 Å². The first-order valence-electron chi connectivity index (χ1n) is 11.4. The van der Waals surface area contributed by atoms with Crippen LogP contribution in [0.15, 0.2) is 45.8 Å². The van der Waals surface area contributed by atoms with Gasteiger partial charge >= 0.3 is 0 Å². The number of rotatable bonds is 6. The van der Waals surface area contributed by atoms with E-state index in [2.05, 4.69) is 21.2 Å². The molecule has 1 fully saturated rings. The van der Waals surface area contributed by atoms with Crippen LogP contribution >= 0.6 is 27.5 Å². The second-order valence-corrected chi connectivity index (χ2v) is 11.8. The highest BCUT2D eigenvalue weighted by atomic mass is 79.9. The molecule has 0 radical (unpaired) electrons. The number of benzene rings is 2. The Kier molecular flexibility index (Phi) is 7.66. The van der Waals surface area contributed by atoms with Gasteiger partial charge in [0.25, 0.3) is 0 Å². The standard InChI is InChI=1S/C24H27BrClN3O4S/c1-2-22(30)29-11-9-16-12-19(25)13-21(23(16)29)34(32,33)28-10-5-7-18(15-28)24(31)27-14-17-6-3-4-8-20(17)26/h3-4,6,8,12-13,18H,2,5,7,9-11,14-15H2,1H3,(H,27,31)/t18-/m0/s1. The Morgan fingerprint density at radius 3 is 2.71 bits per heavy atom. The summed E-state index contributed by atoms with van der Waals surface area (Å²) in [6, 6.07) is 10.7. The van der Waals surface area contributed by atoms with Gasteiger partial charge in [0, 0.05) is 42.1 Å². The van der Waals surface area contributed by atoms with Gasteiger partial charge in [-0.05, 0) is 48.6 Å². The quantitative estimate of drug-likeness (QED) is 0.568. The number of carbonyl (C=O) groups is 2. The molecule has 2 heterocycles. The third-order valence-corrected chi connectivity index (χ3v) is 9.09. The largest absolute Gasteiger partial charge is 0.352 e. The maximum atomic E-state index is 13.8. The minimum Gasteiger partial charge on any atom is -0.352 e. The van der Waals surface area contributed by atoms with Gasteiger partial charge in [0.15, 0.2) is 0 Å². The second kappa shape index (κ2) is 10.4. The monoisotopic (exact) mass is 567 g/mol. The molecule has 0 spiro atoms. The number of anilines is 1. The van der Waals surface area contributed by atoms with Gasteiger partial charge in [0.05, 0.1) is 11.6 Å². The highest BCUT2D eigenvalue weighted by molar-refractivity contribution is 9.10. The minimum absolute atomic E-state index is 0.0969. The molecule has 2 aliphatic rings. The molecule has 7 nitrogen and oxygen atoms in total. The summed E-state index contributed by atoms with van der Waals surface area (Å²) in [5.74, 6) is -0.755. The number of piperidine rings is 1. The van der Waals surface area contributed by atoms with Crippen molar-refractivity contribution in [2.45, 2.75) is 44.0 Å². The van der Waals surface area contributed by atoms with E-state index < -0.39 is 15.9 Å². The molecule has 1 saturated heterocycles. The molecule has 0 bridgehead atoms. The van der Waals surface area contributed by atoms with Gasteiger partial charge in [-0.2, -0.15) is 4.31 Å². The zero-order valence-corrected chi connectivity index (χ0v) is 22.0. The molecule has 182 valence electrons. The van der Waals surface area contributed by atoms with Crippen molar-refractivity contribution < 1.29 is 18.0 Å². The Morgan fingerprint density at radius 1 is 1.21 bits per heavy atom. The van der Waals surface area contributed by atoms with Crippen LogP contribution in [-0.4, -0.2) is 44.2 Å². The lowest BCUT2D eigenvalue weighted by molar-refractivity contribution is -0.126. The number of hydrogen-bond acceptors (Lipinski definition) is 4. The van der Waals surface area contributed by atoms with Crippen molar-refractivity contribution in [3.8, 4) is 0 Å². The highest BCUT2D eigenvalue weighted by Crippen LogP contribution is 2.39. The van der Waals surface area contributed by atoms with Gasteiger partial charge in [-0.25, -0.2) is 8.42 Å². The average molecular weight is 569 g/mol. The molecule has 0 saturated carbocycles. The van der Waals surface area contributed by atoms with E-state index in [1.807, 2.05) is 24.3 Å². The lowest BCUT2D eigenvalue weighted by atomic mass is 9.99. The molecule has 0 aromatic heterocycles. The van der Waals surface area contributed by atoms with Crippen LogP contribution in [0, 0.1) is 5.92 Å². The van der Waals surface area contributed by atoms with Crippen molar-refractivity contribution in [1.82, 2.24) is 9.62 Å². The molecule has 1 atom stereocenters. The van der Waals surface area contributed by atoms with Crippen LogP contribution in [0.5, 0.6) is 0 Å². The third-order valence-electron chi connectivity index (χ3n) is 6.38. The maximum absolute atomic E-state index is 13.8. The molecule has 4 rings (SSSR count). The molecule has 2 amide bonds. The average Bonchev–Trinajstić information content (AvgIpc) is 3.26. The zero-order chi connectivity index (χ0) is 24.5. The lowest BCUT2D eigenvalue weighted by Gasteiger charge is -2.32. The van der Waals surface area contributed by atoms with Crippen molar-refractivity contribution in [2.24, 2.45) is 5.92 Å². The summed E-state index contributed by atoms with van der Waals surface area (Å²) in [6.45, 7) is 2.95. The first kappa shape index (κ1) is 25.2. The molecular weight excluding hydrogens is 542 g/mol. The fourth-order valence-corrected chi connectivity index (χ4v) is 7.23. The van der Waals surface area contributed by atoms with Crippen LogP contribution < -0.4 is 10.2 Å². The first-order chi connectivity index (χ1) is 16.2. The van der Waals surface area contributed by atoms with Crippen molar-refractivity contribution in [2.75, 3.05) is 24.5 Å². The Hall–Kier alpha value is -1.94. The van der Waals surface area contributed by atoms with E-state index in [1.165, 1.54) is 4.31 Å². The summed E-state index contributed by atoms with van der Waals surface area (Å²) < 4.78 is 29.6. The van der Waals surface area contributed by atoms with Gasteiger partial charge in [-0.3, -0.25) is 9.59 Å². The zero-order valence-electron chi connectivity index (χ0n) is 18.9. The highest BCUT2D eigenvalue weighted by Gasteiger charge is 2.38. The molecule has 0 unspecified atom stereocenters. The van der Waals surface area contributed by atoms with Crippen molar-refractivity contribution in [3.63, 3.8) is 0 Å². The number of carbonyl (C=O) groups excluding carboxylic acids is 2. The number of fused-ring (bicyclic) bond motifs is 1. The smallest absolute Gasteiger partial charge is 0.245 e. The van der Waals surface area contributed by atoms with E-state index in [4.69, 9.17) is 11.6 Å². The molecule has 2 aliphatic heterocycles. The fraction of sp³-hybridized carbons (Fsp3) is 0.417. The van der Waals surface area contributed by atoms with Crippen LogP contribution in [0.4, 0.5) is 5.69 Å². The Bertz CT molecular complexity index is 1220. The SMILES string of the molecule is CCC(=O)N1CCc2cc(Br)cc(S(=O)(=O)N3CCC[C@H](C(=O)NCc4ccccc4Cl)C3)c21. The first-order valence-corrected chi connectivity index (χ1v) is 14.0. The van der Waals surface area contributed by atoms with E-state index in [9.17, 15) is 18.0 Å². The predicted molar refractivity (Wildman–Crippen MR) is 135 cm³/mol. The summed E-state index contributed by atoms with van der Waals surface area (Å²) >= 11 is 9.61. The van der Waals surface area contributed by atoms with E-state index in [-0.39, 0.29) is 29.8 Å². The number of nitrogens with zero attached hydrogens (tertiary/aromatic N) is 2. The Labute approximate surface area is 213 Å². The molecule has 2 aromatic carbocycles. The van der Waals surface area contributed by atoms with Crippen molar-refractivity contribution >= 4 is 55.1 Å². The third kappa shape index (κ3) is 5.03. The van der Waals surface area contributed by atoms with Crippen LogP contribution in [-0.2, 0) is 32.6 Å². The van der Waals surface area contributed by atoms with Gasteiger partial charge in [-0.15, -0.1) is 0 Å². The summed E-state index contributed by atoms with van der Waals surface area (Å²) in [7, 11) is -3.92. The van der Waals surface area contributed by atoms with Crippen molar-refractivity contribution in [1.29, 1.82) is 0 Å². The van der Waals surface area contributed by atoms with Gasteiger partial charge in [0.1, 0.15) is 4.90 Å². The Balaban J connectivity index is 1.55. The summed E-state index contributed by atoms with van der Waals surface area (Å²) in [5.41, 5.74) is 2.12. The van der Waals surface area contributed by atoms with Gasteiger partial charge in [-0.1, -0.05) is 52.7 Å². The van der Waals surface area contributed by atoms with E-state index >= 15 is 0 Å². The number of amides is 2. The second-order valence-electron chi connectivity index (χ2n) is 8.57. The van der Waals surface area contributed by atoms with Gasteiger partial charge < -0.3 is 10.2 Å². The van der Waals surface area contributed by atoms with E-state index in [0.29, 0.717) is 54.0 Å². The summed E-state index contributed by atoms with van der Waals surface area (Å²) in [4.78, 5) is 27.1. The number of halogens is 2. The molecule has 1 N–H and O–H groups in total. The summed E-state index contributed by atoms with van der Waals surface area (Å²) in [5, 5.41) is 3.47. The molecule has 10 heteroatoms. The normalized spacial score (nSPS) is 18.6. The molecule has 34 heavy (non-hydrogen) atoms. The summed E-state index contributed by atoms with van der Waals surface area (Å²) in [6.07, 6.45) is 2.09. The van der Waals surface area contributed by atoms with Crippen LogP contribution in [0.1, 0.15) is 37.3 Å². The lowest BCUT2D eigenvalue weighted by Crippen LogP contribution is -2.45. The molecule has 2 aromatic rings. The maximum Gasteiger partial charge on any atom is 0.245 e. The van der Waals surface area contributed by atoms with Crippen LogP contribution in [0.2, 0.25) is 5.02 Å². The van der Waals surface area contributed by atoms with Gasteiger partial charge in [0.2, 0.25) is 21.8 Å². The number of nitrogens with one attached hydrogen (secondary N) is 1. The Morgan fingerprint density at radius 2 is 1.97 bits per heavy atom. The fourth-order valence-electron chi connectivity index (χ4n) is 4.59. The van der Waals surface area contributed by atoms with E-state index in [1.54, 1.807) is 24.0 Å².